The summed E-state index contributed by atoms with van der Waals surface area (Å²) in [6.45, 7) is 7.23. The number of piperazine rings is 1. The van der Waals surface area contributed by atoms with Gasteiger partial charge in [0, 0.05) is 44.8 Å². The first-order valence-electron chi connectivity index (χ1n) is 11.2. The molecule has 1 atom stereocenters. The van der Waals surface area contributed by atoms with Crippen molar-refractivity contribution in [3.63, 3.8) is 0 Å². The Kier molecular flexibility index (Phi) is 6.56. The fourth-order valence-electron chi connectivity index (χ4n) is 5.45. The molecule has 0 spiro atoms. The van der Waals surface area contributed by atoms with Gasteiger partial charge in [0.05, 0.1) is 12.8 Å². The van der Waals surface area contributed by atoms with E-state index in [1.807, 2.05) is 0 Å². The Bertz CT molecular complexity index is 577. The molecule has 1 aromatic rings. The zero-order valence-corrected chi connectivity index (χ0v) is 17.1. The fraction of sp³-hybridized carbons (Fsp3) is 0.739. The molecule has 1 aliphatic carbocycles. The molecule has 0 bridgehead atoms. The summed E-state index contributed by atoms with van der Waals surface area (Å²) in [6.07, 6.45) is 11.5. The van der Waals surface area contributed by atoms with Gasteiger partial charge in [-0.3, -0.25) is 9.80 Å². The summed E-state index contributed by atoms with van der Waals surface area (Å²) in [4.78, 5) is 8.13. The molecule has 2 heterocycles. The SMILES string of the molecule is COc1ccccc1N1CCN([C@@H]2CCCN(C3CCCCCC3)C2)CC1. The van der Waals surface area contributed by atoms with Crippen molar-refractivity contribution >= 4 is 5.69 Å². The Morgan fingerprint density at radius 1 is 0.741 bits per heavy atom. The van der Waals surface area contributed by atoms with Crippen molar-refractivity contribution in [2.45, 2.75) is 63.5 Å². The second kappa shape index (κ2) is 9.29. The normalized spacial score (nSPS) is 26.7. The lowest BCUT2D eigenvalue weighted by atomic mass is 9.98. The monoisotopic (exact) mass is 371 g/mol. The number of ether oxygens (including phenoxy) is 1. The minimum Gasteiger partial charge on any atom is -0.495 e. The lowest BCUT2D eigenvalue weighted by Gasteiger charge is -2.45. The van der Waals surface area contributed by atoms with E-state index in [2.05, 4.69) is 39.0 Å². The smallest absolute Gasteiger partial charge is 0.142 e. The highest BCUT2D eigenvalue weighted by Crippen LogP contribution is 2.30. The highest BCUT2D eigenvalue weighted by Gasteiger charge is 2.31. The minimum atomic E-state index is 0.766. The van der Waals surface area contributed by atoms with Crippen molar-refractivity contribution in [1.82, 2.24) is 9.80 Å². The summed E-state index contributed by atoms with van der Waals surface area (Å²) < 4.78 is 5.57. The van der Waals surface area contributed by atoms with E-state index in [1.165, 1.54) is 83.2 Å². The van der Waals surface area contributed by atoms with E-state index >= 15 is 0 Å². The third kappa shape index (κ3) is 4.60. The first-order chi connectivity index (χ1) is 13.3. The van der Waals surface area contributed by atoms with Crippen molar-refractivity contribution < 1.29 is 4.74 Å². The Morgan fingerprint density at radius 3 is 2.19 bits per heavy atom. The molecule has 0 unspecified atom stereocenters. The standard InChI is InChI=1S/C23H37N3O/c1-27-23-13-7-6-12-22(23)25-17-15-24(16-18-25)21-11-8-14-26(19-21)20-9-4-2-3-5-10-20/h6-7,12-13,20-21H,2-5,8-11,14-19H2,1H3/t21-/m1/s1. The molecule has 4 heteroatoms. The van der Waals surface area contributed by atoms with Gasteiger partial charge in [-0.15, -0.1) is 0 Å². The largest absolute Gasteiger partial charge is 0.495 e. The summed E-state index contributed by atoms with van der Waals surface area (Å²) in [6, 6.07) is 10.1. The number of hydrogen-bond donors (Lipinski definition) is 0. The molecule has 0 amide bonds. The molecular formula is C23H37N3O. The second-order valence-electron chi connectivity index (χ2n) is 8.63. The number of benzene rings is 1. The lowest BCUT2D eigenvalue weighted by Crippen LogP contribution is -2.56. The average molecular weight is 372 g/mol. The second-order valence-corrected chi connectivity index (χ2v) is 8.63. The van der Waals surface area contributed by atoms with Gasteiger partial charge in [0.15, 0.2) is 0 Å². The van der Waals surface area contributed by atoms with Crippen LogP contribution in [0, 0.1) is 0 Å². The highest BCUT2D eigenvalue weighted by atomic mass is 16.5. The molecule has 3 fully saturated rings. The van der Waals surface area contributed by atoms with Crippen molar-refractivity contribution in [1.29, 1.82) is 0 Å². The number of methoxy groups -OCH3 is 1. The predicted molar refractivity (Wildman–Crippen MR) is 113 cm³/mol. The van der Waals surface area contributed by atoms with Crippen LogP contribution in [0.5, 0.6) is 5.75 Å². The fourth-order valence-corrected chi connectivity index (χ4v) is 5.45. The van der Waals surface area contributed by atoms with Gasteiger partial charge in [-0.05, 0) is 44.4 Å². The Labute approximate surface area is 165 Å². The van der Waals surface area contributed by atoms with Crippen molar-refractivity contribution in [3.05, 3.63) is 24.3 Å². The number of likely N-dealkylation sites (tertiary alicyclic amines) is 1. The number of nitrogens with zero attached hydrogens (tertiary/aromatic N) is 3. The van der Waals surface area contributed by atoms with Gasteiger partial charge in [-0.2, -0.15) is 0 Å². The van der Waals surface area contributed by atoms with E-state index in [0.29, 0.717) is 0 Å². The topological polar surface area (TPSA) is 19.0 Å². The van der Waals surface area contributed by atoms with Crippen LogP contribution in [0.4, 0.5) is 5.69 Å². The van der Waals surface area contributed by atoms with E-state index in [0.717, 1.165) is 30.9 Å². The molecule has 150 valence electrons. The van der Waals surface area contributed by atoms with E-state index in [-0.39, 0.29) is 0 Å². The molecule has 27 heavy (non-hydrogen) atoms. The van der Waals surface area contributed by atoms with Crippen LogP contribution in [0.1, 0.15) is 51.4 Å². The van der Waals surface area contributed by atoms with Crippen LogP contribution >= 0.6 is 0 Å². The Hall–Kier alpha value is -1.26. The van der Waals surface area contributed by atoms with Gasteiger partial charge < -0.3 is 9.64 Å². The summed E-state index contributed by atoms with van der Waals surface area (Å²) in [5.41, 5.74) is 1.25. The van der Waals surface area contributed by atoms with Crippen LogP contribution in [-0.2, 0) is 0 Å². The molecule has 2 aliphatic heterocycles. The summed E-state index contributed by atoms with van der Waals surface area (Å²) >= 11 is 0. The van der Waals surface area contributed by atoms with Gasteiger partial charge in [0.1, 0.15) is 5.75 Å². The Morgan fingerprint density at radius 2 is 1.44 bits per heavy atom. The zero-order valence-electron chi connectivity index (χ0n) is 17.1. The van der Waals surface area contributed by atoms with Gasteiger partial charge >= 0.3 is 0 Å². The van der Waals surface area contributed by atoms with Crippen LogP contribution < -0.4 is 9.64 Å². The minimum absolute atomic E-state index is 0.766. The highest BCUT2D eigenvalue weighted by molar-refractivity contribution is 5.58. The van der Waals surface area contributed by atoms with E-state index in [9.17, 15) is 0 Å². The molecule has 4 nitrogen and oxygen atoms in total. The van der Waals surface area contributed by atoms with Crippen LogP contribution in [0.3, 0.4) is 0 Å². The van der Waals surface area contributed by atoms with Crippen LogP contribution in [0.15, 0.2) is 24.3 Å². The summed E-state index contributed by atoms with van der Waals surface area (Å²) in [5, 5.41) is 0. The summed E-state index contributed by atoms with van der Waals surface area (Å²) in [5.74, 6) is 1.00. The number of piperidine rings is 1. The first kappa shape index (κ1) is 19.1. The molecule has 3 aliphatic rings. The summed E-state index contributed by atoms with van der Waals surface area (Å²) in [7, 11) is 1.78. The van der Waals surface area contributed by atoms with E-state index < -0.39 is 0 Å². The third-order valence-electron chi connectivity index (χ3n) is 7.03. The molecule has 1 aromatic carbocycles. The van der Waals surface area contributed by atoms with E-state index in [1.54, 1.807) is 7.11 Å². The van der Waals surface area contributed by atoms with E-state index in [4.69, 9.17) is 4.74 Å². The number of hydrogen-bond acceptors (Lipinski definition) is 4. The number of anilines is 1. The molecule has 0 radical (unpaired) electrons. The van der Waals surface area contributed by atoms with Crippen LogP contribution in [-0.4, -0.2) is 68.3 Å². The predicted octanol–water partition coefficient (Wildman–Crippen LogP) is 4.00. The maximum atomic E-state index is 5.57. The number of rotatable bonds is 4. The van der Waals surface area contributed by atoms with Crippen molar-refractivity contribution in [2.75, 3.05) is 51.3 Å². The lowest BCUT2D eigenvalue weighted by molar-refractivity contribution is 0.0624. The molecular weight excluding hydrogens is 334 g/mol. The number of para-hydroxylation sites is 2. The van der Waals surface area contributed by atoms with Gasteiger partial charge in [0.25, 0.3) is 0 Å². The maximum absolute atomic E-state index is 5.57. The zero-order chi connectivity index (χ0) is 18.5. The van der Waals surface area contributed by atoms with Crippen molar-refractivity contribution in [3.8, 4) is 5.75 Å². The average Bonchev–Trinajstić information content (AvgIpc) is 3.04. The van der Waals surface area contributed by atoms with Gasteiger partial charge in [-0.25, -0.2) is 0 Å². The maximum Gasteiger partial charge on any atom is 0.142 e. The Balaban J connectivity index is 1.32. The third-order valence-corrected chi connectivity index (χ3v) is 7.03. The quantitative estimate of drug-likeness (QED) is 0.745. The van der Waals surface area contributed by atoms with Crippen LogP contribution in [0.25, 0.3) is 0 Å². The molecule has 0 N–H and O–H groups in total. The first-order valence-corrected chi connectivity index (χ1v) is 11.2. The molecule has 1 saturated carbocycles. The van der Waals surface area contributed by atoms with Gasteiger partial charge in [-0.1, -0.05) is 37.8 Å². The molecule has 0 aromatic heterocycles. The van der Waals surface area contributed by atoms with Crippen molar-refractivity contribution in [2.24, 2.45) is 0 Å². The van der Waals surface area contributed by atoms with Gasteiger partial charge in [0.2, 0.25) is 0 Å². The molecule has 4 rings (SSSR count). The van der Waals surface area contributed by atoms with Crippen LogP contribution in [0.2, 0.25) is 0 Å². The molecule has 2 saturated heterocycles.